The van der Waals surface area contributed by atoms with Crippen LogP contribution in [0.4, 0.5) is 0 Å². The van der Waals surface area contributed by atoms with E-state index in [0.29, 0.717) is 0 Å². The zero-order valence-electron chi connectivity index (χ0n) is 6.68. The van der Waals surface area contributed by atoms with Gasteiger partial charge in [0.2, 0.25) is 0 Å². The van der Waals surface area contributed by atoms with Crippen molar-refractivity contribution in [2.24, 2.45) is 7.05 Å². The van der Waals surface area contributed by atoms with Crippen molar-refractivity contribution in [2.75, 3.05) is 7.05 Å². The summed E-state index contributed by atoms with van der Waals surface area (Å²) in [5.74, 6) is 1.06. The van der Waals surface area contributed by atoms with Gasteiger partial charge in [0, 0.05) is 19.8 Å². The molecule has 0 bridgehead atoms. The number of aryl methyl sites for hydroxylation is 2. The summed E-state index contributed by atoms with van der Waals surface area (Å²) < 4.78 is 2.02. The van der Waals surface area contributed by atoms with E-state index >= 15 is 0 Å². The van der Waals surface area contributed by atoms with E-state index in [2.05, 4.69) is 10.3 Å². The summed E-state index contributed by atoms with van der Waals surface area (Å²) in [6.45, 7) is 2.85. The Labute approximate surface area is 61.1 Å². The molecule has 0 radical (unpaired) electrons. The largest absolute Gasteiger partial charge is 0.338 e. The van der Waals surface area contributed by atoms with Crippen molar-refractivity contribution >= 4 is 0 Å². The second kappa shape index (κ2) is 2.84. The predicted molar refractivity (Wildman–Crippen MR) is 40.7 cm³/mol. The molecule has 0 unspecified atom stereocenters. The normalized spacial score (nSPS) is 10.3. The predicted octanol–water partition coefficient (Wildman–Crippen LogP) is 0.448. The lowest BCUT2D eigenvalue weighted by atomic mass is 10.5. The topological polar surface area (TPSA) is 29.9 Å². The molecule has 0 aliphatic heterocycles. The Morgan fingerprint density at radius 2 is 2.40 bits per heavy atom. The Kier molecular flexibility index (Phi) is 2.06. The van der Waals surface area contributed by atoms with Crippen molar-refractivity contribution in [3.05, 3.63) is 17.7 Å². The molecule has 1 aromatic rings. The van der Waals surface area contributed by atoms with E-state index in [9.17, 15) is 0 Å². The lowest BCUT2D eigenvalue weighted by Gasteiger charge is -1.89. The molecule has 0 saturated carbocycles. The number of nitrogens with zero attached hydrogens (tertiary/aromatic N) is 2. The minimum Gasteiger partial charge on any atom is -0.338 e. The molecule has 1 rings (SSSR count). The molecule has 0 aromatic carbocycles. The highest BCUT2D eigenvalue weighted by Crippen LogP contribution is 1.98. The van der Waals surface area contributed by atoms with E-state index in [0.717, 1.165) is 18.1 Å². The molecule has 0 aliphatic rings. The lowest BCUT2D eigenvalue weighted by molar-refractivity contribution is 0.794. The van der Waals surface area contributed by atoms with Gasteiger partial charge in [-0.3, -0.25) is 0 Å². The number of hydrogen-bond acceptors (Lipinski definition) is 2. The molecule has 1 heterocycles. The second-order valence-electron chi connectivity index (χ2n) is 2.42. The molecule has 0 spiro atoms. The van der Waals surface area contributed by atoms with Gasteiger partial charge in [0.15, 0.2) is 0 Å². The van der Waals surface area contributed by atoms with Crippen LogP contribution >= 0.6 is 0 Å². The van der Waals surface area contributed by atoms with Gasteiger partial charge in [0.05, 0.1) is 5.69 Å². The smallest absolute Gasteiger partial charge is 0.105 e. The zero-order chi connectivity index (χ0) is 7.56. The molecule has 10 heavy (non-hydrogen) atoms. The van der Waals surface area contributed by atoms with Gasteiger partial charge in [0.25, 0.3) is 0 Å². The van der Waals surface area contributed by atoms with Crippen LogP contribution < -0.4 is 5.32 Å². The van der Waals surface area contributed by atoms with Crippen molar-refractivity contribution in [3.8, 4) is 0 Å². The fraction of sp³-hybridized carbons (Fsp3) is 0.571. The van der Waals surface area contributed by atoms with Gasteiger partial charge in [-0.05, 0) is 14.0 Å². The maximum absolute atomic E-state index is 4.30. The molecule has 0 atom stereocenters. The quantitative estimate of drug-likeness (QED) is 0.644. The lowest BCUT2D eigenvalue weighted by Crippen LogP contribution is -2.04. The highest BCUT2D eigenvalue weighted by molar-refractivity contribution is 5.01. The number of nitrogens with one attached hydrogen (secondary N) is 1. The van der Waals surface area contributed by atoms with Crippen molar-refractivity contribution < 1.29 is 0 Å². The summed E-state index contributed by atoms with van der Waals surface area (Å²) in [5, 5.41) is 3.05. The Morgan fingerprint density at radius 3 is 2.80 bits per heavy atom. The van der Waals surface area contributed by atoms with Gasteiger partial charge < -0.3 is 9.88 Å². The summed E-state index contributed by atoms with van der Waals surface area (Å²) in [6.07, 6.45) is 2.03. The van der Waals surface area contributed by atoms with Crippen LogP contribution in [0.5, 0.6) is 0 Å². The van der Waals surface area contributed by atoms with Crippen LogP contribution in [0.25, 0.3) is 0 Å². The van der Waals surface area contributed by atoms with Crippen molar-refractivity contribution in [1.82, 2.24) is 14.9 Å². The van der Waals surface area contributed by atoms with Crippen LogP contribution in [0.1, 0.15) is 11.5 Å². The Balaban J connectivity index is 2.77. The van der Waals surface area contributed by atoms with Gasteiger partial charge in [-0.2, -0.15) is 0 Å². The first kappa shape index (κ1) is 7.28. The van der Waals surface area contributed by atoms with Crippen LogP contribution in [-0.2, 0) is 13.6 Å². The monoisotopic (exact) mass is 139 g/mol. The third kappa shape index (κ3) is 1.36. The van der Waals surface area contributed by atoms with E-state index < -0.39 is 0 Å². The first-order valence-electron chi connectivity index (χ1n) is 3.37. The van der Waals surface area contributed by atoms with Crippen LogP contribution in [0.3, 0.4) is 0 Å². The summed E-state index contributed by atoms with van der Waals surface area (Å²) in [7, 11) is 3.92. The number of hydrogen-bond donors (Lipinski definition) is 1. The molecular weight excluding hydrogens is 126 g/mol. The Morgan fingerprint density at radius 1 is 1.70 bits per heavy atom. The fourth-order valence-corrected chi connectivity index (χ4v) is 0.899. The van der Waals surface area contributed by atoms with Crippen LogP contribution in [-0.4, -0.2) is 16.6 Å². The van der Waals surface area contributed by atoms with Crippen molar-refractivity contribution in [2.45, 2.75) is 13.5 Å². The maximum Gasteiger partial charge on any atom is 0.105 e. The van der Waals surface area contributed by atoms with Crippen molar-refractivity contribution in [1.29, 1.82) is 0 Å². The maximum atomic E-state index is 4.30. The molecule has 1 N–H and O–H groups in total. The first-order valence-corrected chi connectivity index (χ1v) is 3.37. The van der Waals surface area contributed by atoms with Gasteiger partial charge in [0.1, 0.15) is 5.82 Å². The van der Waals surface area contributed by atoms with Crippen LogP contribution in [0.2, 0.25) is 0 Å². The first-order chi connectivity index (χ1) is 4.74. The minimum absolute atomic E-state index is 0.849. The number of rotatable bonds is 2. The van der Waals surface area contributed by atoms with Crippen LogP contribution in [0, 0.1) is 6.92 Å². The van der Waals surface area contributed by atoms with Gasteiger partial charge >= 0.3 is 0 Å². The summed E-state index contributed by atoms with van der Waals surface area (Å²) in [4.78, 5) is 4.30. The molecule has 0 amide bonds. The van der Waals surface area contributed by atoms with E-state index in [1.54, 1.807) is 0 Å². The number of imidazole rings is 1. The molecule has 0 fully saturated rings. The van der Waals surface area contributed by atoms with E-state index in [-0.39, 0.29) is 0 Å². The molecule has 1 aromatic heterocycles. The fourth-order valence-electron chi connectivity index (χ4n) is 0.899. The Bertz CT molecular complexity index is 195. The molecule has 3 heteroatoms. The SMILES string of the molecule is CNCc1cn(C)c(C)n1. The third-order valence-electron chi connectivity index (χ3n) is 1.52. The highest BCUT2D eigenvalue weighted by atomic mass is 15.0. The summed E-state index contributed by atoms with van der Waals surface area (Å²) >= 11 is 0. The highest BCUT2D eigenvalue weighted by Gasteiger charge is 1.97. The molecule has 0 aliphatic carbocycles. The third-order valence-corrected chi connectivity index (χ3v) is 1.52. The van der Waals surface area contributed by atoms with Gasteiger partial charge in [-0.1, -0.05) is 0 Å². The van der Waals surface area contributed by atoms with E-state index in [1.165, 1.54) is 0 Å². The summed E-state index contributed by atoms with van der Waals surface area (Å²) in [6, 6.07) is 0. The molecule has 0 saturated heterocycles. The van der Waals surface area contributed by atoms with Gasteiger partial charge in [-0.25, -0.2) is 4.98 Å². The van der Waals surface area contributed by atoms with Crippen LogP contribution in [0.15, 0.2) is 6.20 Å². The van der Waals surface area contributed by atoms with Crippen molar-refractivity contribution in [3.63, 3.8) is 0 Å². The minimum atomic E-state index is 0.849. The molecule has 56 valence electrons. The second-order valence-corrected chi connectivity index (χ2v) is 2.42. The molecule has 3 nitrogen and oxygen atoms in total. The summed E-state index contributed by atoms with van der Waals surface area (Å²) in [5.41, 5.74) is 1.10. The Hall–Kier alpha value is -0.830. The average Bonchev–Trinajstić information content (AvgIpc) is 2.14. The average molecular weight is 139 g/mol. The molecular formula is C7H13N3. The standard InChI is InChI=1S/C7H13N3/c1-6-9-7(4-8-2)5-10(6)3/h5,8H,4H2,1-3H3. The van der Waals surface area contributed by atoms with E-state index in [1.807, 2.05) is 31.8 Å². The zero-order valence-corrected chi connectivity index (χ0v) is 6.68. The van der Waals surface area contributed by atoms with Gasteiger partial charge in [-0.15, -0.1) is 0 Å². The van der Waals surface area contributed by atoms with E-state index in [4.69, 9.17) is 0 Å². The number of aromatic nitrogens is 2.